The monoisotopic (exact) mass is 480 g/mol. The Kier molecular flexibility index (Phi) is 9.03. The summed E-state index contributed by atoms with van der Waals surface area (Å²) >= 11 is 3.43. The van der Waals surface area contributed by atoms with Gasteiger partial charge in [0.15, 0.2) is 5.16 Å². The standard InChI is InChI=1S/C25H24N2O2S2.CH4O/c1-16-12-17(2)27-25(26-16)30-15-21-13-23(19-8-10-22(29-3)11-9-19)31-24(21)20-6-4-18(14-28)5-7-20;1-2/h4-13,28H,14-15H2,1-3H3;2H,1H3. The molecule has 2 aromatic heterocycles. The van der Waals surface area contributed by atoms with Gasteiger partial charge in [-0.05, 0) is 72.5 Å². The van der Waals surface area contributed by atoms with E-state index in [0.29, 0.717) is 0 Å². The van der Waals surface area contributed by atoms with Gasteiger partial charge in [0.05, 0.1) is 13.7 Å². The Morgan fingerprint density at radius 3 is 2.06 bits per heavy atom. The highest BCUT2D eigenvalue weighted by atomic mass is 32.2. The Morgan fingerprint density at radius 1 is 0.879 bits per heavy atom. The summed E-state index contributed by atoms with van der Waals surface area (Å²) in [6.07, 6.45) is 0. The van der Waals surface area contributed by atoms with Crippen LogP contribution in [0.1, 0.15) is 22.5 Å². The number of aryl methyl sites for hydroxylation is 2. The van der Waals surface area contributed by atoms with Crippen LogP contribution in [0.5, 0.6) is 5.75 Å². The van der Waals surface area contributed by atoms with E-state index in [-0.39, 0.29) is 6.61 Å². The molecule has 0 unspecified atom stereocenters. The molecule has 0 fully saturated rings. The van der Waals surface area contributed by atoms with Crippen molar-refractivity contribution in [3.63, 3.8) is 0 Å². The summed E-state index contributed by atoms with van der Waals surface area (Å²) in [6, 6.07) is 20.5. The Labute approximate surface area is 203 Å². The van der Waals surface area contributed by atoms with Crippen LogP contribution >= 0.6 is 23.1 Å². The number of thiophene rings is 1. The van der Waals surface area contributed by atoms with E-state index < -0.39 is 0 Å². The zero-order chi connectivity index (χ0) is 23.8. The lowest BCUT2D eigenvalue weighted by atomic mass is 10.1. The molecule has 0 amide bonds. The second kappa shape index (κ2) is 12.0. The van der Waals surface area contributed by atoms with E-state index in [1.807, 2.05) is 44.2 Å². The third kappa shape index (κ3) is 6.42. The van der Waals surface area contributed by atoms with Crippen molar-refractivity contribution in [3.05, 3.63) is 83.2 Å². The molecule has 0 aliphatic heterocycles. The molecule has 0 aliphatic carbocycles. The fourth-order valence-electron chi connectivity index (χ4n) is 3.34. The predicted molar refractivity (Wildman–Crippen MR) is 137 cm³/mol. The Balaban J connectivity index is 0.00000149. The Morgan fingerprint density at radius 2 is 1.48 bits per heavy atom. The number of aromatic nitrogens is 2. The molecular formula is C26H28N2O3S2. The lowest BCUT2D eigenvalue weighted by molar-refractivity contribution is 0.282. The van der Waals surface area contributed by atoms with Crippen molar-refractivity contribution >= 4 is 23.1 Å². The van der Waals surface area contributed by atoms with E-state index in [0.717, 1.165) is 51.8 Å². The normalized spacial score (nSPS) is 10.5. The summed E-state index contributed by atoms with van der Waals surface area (Å²) in [5.74, 6) is 1.63. The molecule has 33 heavy (non-hydrogen) atoms. The van der Waals surface area contributed by atoms with Gasteiger partial charge in [0, 0.05) is 34.0 Å². The van der Waals surface area contributed by atoms with Crippen molar-refractivity contribution in [2.24, 2.45) is 0 Å². The number of rotatable bonds is 7. The molecule has 2 N–H and O–H groups in total. The largest absolute Gasteiger partial charge is 0.497 e. The number of methoxy groups -OCH3 is 1. The molecular weight excluding hydrogens is 452 g/mol. The van der Waals surface area contributed by atoms with E-state index in [9.17, 15) is 5.11 Å². The maximum atomic E-state index is 9.38. The molecule has 0 aliphatic rings. The lowest BCUT2D eigenvalue weighted by Gasteiger charge is -2.06. The van der Waals surface area contributed by atoms with Crippen molar-refractivity contribution in [3.8, 4) is 26.6 Å². The second-order valence-electron chi connectivity index (χ2n) is 7.27. The molecule has 0 bridgehead atoms. The van der Waals surface area contributed by atoms with Crippen molar-refractivity contribution < 1.29 is 14.9 Å². The van der Waals surface area contributed by atoms with E-state index in [4.69, 9.17) is 9.84 Å². The average molecular weight is 481 g/mol. The summed E-state index contributed by atoms with van der Waals surface area (Å²) in [5, 5.41) is 17.2. The fraction of sp³-hybridized carbons (Fsp3) is 0.231. The second-order valence-corrected chi connectivity index (χ2v) is 9.27. The molecule has 2 aromatic carbocycles. The van der Waals surface area contributed by atoms with E-state index >= 15 is 0 Å². The minimum absolute atomic E-state index is 0.0502. The summed E-state index contributed by atoms with van der Waals surface area (Å²) in [7, 11) is 2.68. The fourth-order valence-corrected chi connectivity index (χ4v) is 5.55. The minimum Gasteiger partial charge on any atom is -0.497 e. The number of ether oxygens (including phenoxy) is 1. The maximum absolute atomic E-state index is 9.38. The van der Waals surface area contributed by atoms with Gasteiger partial charge >= 0.3 is 0 Å². The summed E-state index contributed by atoms with van der Waals surface area (Å²) in [4.78, 5) is 11.6. The van der Waals surface area contributed by atoms with Crippen LogP contribution in [0.2, 0.25) is 0 Å². The quantitative estimate of drug-likeness (QED) is 0.254. The van der Waals surface area contributed by atoms with E-state index in [1.54, 1.807) is 30.2 Å². The smallest absolute Gasteiger partial charge is 0.188 e. The van der Waals surface area contributed by atoms with Crippen molar-refractivity contribution in [1.82, 2.24) is 9.97 Å². The van der Waals surface area contributed by atoms with Gasteiger partial charge in [0.1, 0.15) is 5.75 Å². The van der Waals surface area contributed by atoms with Gasteiger partial charge in [-0.1, -0.05) is 36.0 Å². The van der Waals surface area contributed by atoms with Crippen LogP contribution in [0.25, 0.3) is 20.9 Å². The first-order valence-corrected chi connectivity index (χ1v) is 12.2. The Hall–Kier alpha value is -2.71. The number of hydrogen-bond acceptors (Lipinski definition) is 7. The molecule has 7 heteroatoms. The zero-order valence-corrected chi connectivity index (χ0v) is 20.8. The topological polar surface area (TPSA) is 75.5 Å². The van der Waals surface area contributed by atoms with Crippen LogP contribution < -0.4 is 4.74 Å². The van der Waals surface area contributed by atoms with Gasteiger partial charge < -0.3 is 14.9 Å². The Bertz CT molecular complexity index is 1150. The van der Waals surface area contributed by atoms with Gasteiger partial charge in [-0.2, -0.15) is 0 Å². The van der Waals surface area contributed by atoms with Gasteiger partial charge in [0.25, 0.3) is 0 Å². The van der Waals surface area contributed by atoms with E-state index in [2.05, 4.69) is 40.3 Å². The summed E-state index contributed by atoms with van der Waals surface area (Å²) < 4.78 is 5.30. The number of aliphatic hydroxyl groups excluding tert-OH is 2. The molecule has 0 radical (unpaired) electrons. The highest BCUT2D eigenvalue weighted by molar-refractivity contribution is 7.98. The molecule has 172 valence electrons. The molecule has 4 rings (SSSR count). The number of hydrogen-bond donors (Lipinski definition) is 2. The molecule has 0 spiro atoms. The first-order chi connectivity index (χ1) is 16.1. The van der Waals surface area contributed by atoms with Crippen molar-refractivity contribution in [1.29, 1.82) is 0 Å². The van der Waals surface area contributed by atoms with Crippen LogP contribution in [-0.4, -0.2) is 34.4 Å². The summed E-state index contributed by atoms with van der Waals surface area (Å²) in [6.45, 7) is 4.05. The molecule has 2 heterocycles. The molecule has 0 saturated heterocycles. The zero-order valence-electron chi connectivity index (χ0n) is 19.2. The van der Waals surface area contributed by atoms with Gasteiger partial charge in [-0.25, -0.2) is 9.97 Å². The highest BCUT2D eigenvalue weighted by Crippen LogP contribution is 2.41. The van der Waals surface area contributed by atoms with Crippen LogP contribution in [0.3, 0.4) is 0 Å². The number of nitrogens with zero attached hydrogens (tertiary/aromatic N) is 2. The number of thioether (sulfide) groups is 1. The maximum Gasteiger partial charge on any atom is 0.188 e. The van der Waals surface area contributed by atoms with Crippen LogP contribution in [0.4, 0.5) is 0 Å². The van der Waals surface area contributed by atoms with Gasteiger partial charge in [0.2, 0.25) is 0 Å². The first kappa shape index (κ1) is 24.9. The van der Waals surface area contributed by atoms with Crippen LogP contribution in [0, 0.1) is 13.8 Å². The van der Waals surface area contributed by atoms with Crippen LogP contribution in [-0.2, 0) is 12.4 Å². The van der Waals surface area contributed by atoms with Crippen molar-refractivity contribution in [2.75, 3.05) is 14.2 Å². The third-order valence-electron chi connectivity index (χ3n) is 4.90. The molecule has 0 atom stereocenters. The number of benzene rings is 2. The predicted octanol–water partition coefficient (Wildman–Crippen LogP) is 5.89. The summed E-state index contributed by atoms with van der Waals surface area (Å²) in [5.41, 5.74) is 6.45. The SMILES string of the molecule is CO.COc1ccc(-c2cc(CSc3nc(C)cc(C)n3)c(-c3ccc(CO)cc3)s2)cc1. The lowest BCUT2D eigenvalue weighted by Crippen LogP contribution is -1.93. The minimum atomic E-state index is 0.0502. The van der Waals surface area contributed by atoms with Gasteiger partial charge in [-0.15, -0.1) is 11.3 Å². The molecule has 0 saturated carbocycles. The average Bonchev–Trinajstić information content (AvgIpc) is 3.28. The van der Waals surface area contributed by atoms with Crippen molar-refractivity contribution in [2.45, 2.75) is 31.4 Å². The highest BCUT2D eigenvalue weighted by Gasteiger charge is 2.14. The van der Waals surface area contributed by atoms with E-state index in [1.165, 1.54) is 15.3 Å². The third-order valence-corrected chi connectivity index (χ3v) is 7.07. The molecule has 4 aromatic rings. The number of aliphatic hydroxyl groups is 2. The molecule has 5 nitrogen and oxygen atoms in total. The van der Waals surface area contributed by atoms with Gasteiger partial charge in [-0.3, -0.25) is 0 Å². The van der Waals surface area contributed by atoms with Crippen LogP contribution in [0.15, 0.2) is 65.8 Å². The first-order valence-electron chi connectivity index (χ1n) is 10.4.